The van der Waals surface area contributed by atoms with Crippen molar-refractivity contribution >= 4 is 5.97 Å². The highest BCUT2D eigenvalue weighted by atomic mass is 16.7. The summed E-state index contributed by atoms with van der Waals surface area (Å²) in [6.07, 6.45) is 11.5. The monoisotopic (exact) mass is 286 g/mol. The Morgan fingerprint density at radius 3 is 1.85 bits per heavy atom. The fourth-order valence-corrected chi connectivity index (χ4v) is 2.24. The highest BCUT2D eigenvalue weighted by molar-refractivity contribution is 5.69. The molecule has 20 heavy (non-hydrogen) atoms. The summed E-state index contributed by atoms with van der Waals surface area (Å²) in [5.41, 5.74) is 0. The second-order valence-electron chi connectivity index (χ2n) is 5.82. The minimum Gasteiger partial charge on any atom is -0.436 e. The summed E-state index contributed by atoms with van der Waals surface area (Å²) >= 11 is 0. The zero-order chi connectivity index (χ0) is 15.2. The van der Waals surface area contributed by atoms with Gasteiger partial charge in [-0.05, 0) is 27.2 Å². The van der Waals surface area contributed by atoms with Crippen LogP contribution in [0, 0.1) is 0 Å². The Hall–Kier alpha value is -0.570. The smallest absolute Gasteiger partial charge is 0.308 e. The number of hydrogen-bond acceptors (Lipinski definition) is 3. The summed E-state index contributed by atoms with van der Waals surface area (Å²) in [6.45, 7) is 7.88. The van der Waals surface area contributed by atoms with E-state index in [1.807, 2.05) is 13.8 Å². The first kappa shape index (κ1) is 19.4. The molecule has 0 bridgehead atoms. The predicted octanol–water partition coefficient (Wildman–Crippen LogP) is 5.22. The van der Waals surface area contributed by atoms with Crippen LogP contribution in [0.5, 0.6) is 0 Å². The molecule has 0 aliphatic rings. The van der Waals surface area contributed by atoms with E-state index in [1.165, 1.54) is 44.9 Å². The molecule has 0 aromatic rings. The van der Waals surface area contributed by atoms with Crippen molar-refractivity contribution in [1.29, 1.82) is 0 Å². The molecule has 1 atom stereocenters. The molecule has 0 rings (SSSR count). The topological polar surface area (TPSA) is 35.5 Å². The molecule has 0 aromatic carbocycles. The van der Waals surface area contributed by atoms with Gasteiger partial charge in [-0.1, -0.05) is 58.3 Å². The minimum atomic E-state index is -0.430. The second-order valence-corrected chi connectivity index (χ2v) is 5.82. The first-order valence-corrected chi connectivity index (χ1v) is 8.41. The maximum Gasteiger partial charge on any atom is 0.308 e. The molecular formula is C17H34O3. The first-order valence-electron chi connectivity index (χ1n) is 8.41. The fourth-order valence-electron chi connectivity index (χ4n) is 2.24. The molecule has 0 fully saturated rings. The molecule has 3 nitrogen and oxygen atoms in total. The summed E-state index contributed by atoms with van der Waals surface area (Å²) in [4.78, 5) is 11.5. The van der Waals surface area contributed by atoms with Crippen molar-refractivity contribution < 1.29 is 14.3 Å². The molecule has 0 amide bonds. The van der Waals surface area contributed by atoms with Crippen molar-refractivity contribution in [2.24, 2.45) is 0 Å². The van der Waals surface area contributed by atoms with Gasteiger partial charge < -0.3 is 9.47 Å². The Kier molecular flexibility index (Phi) is 13.0. The van der Waals surface area contributed by atoms with E-state index >= 15 is 0 Å². The zero-order valence-electron chi connectivity index (χ0n) is 14.0. The normalized spacial score (nSPS) is 12.7. The van der Waals surface area contributed by atoms with E-state index < -0.39 is 6.29 Å². The summed E-state index contributed by atoms with van der Waals surface area (Å²) in [5.74, 6) is -0.138. The Labute approximate surface area is 125 Å². The Balaban J connectivity index is 3.31. The van der Waals surface area contributed by atoms with Crippen LogP contribution >= 0.6 is 0 Å². The Bertz CT molecular complexity index is 226. The summed E-state index contributed by atoms with van der Waals surface area (Å²) in [7, 11) is 0. The number of carbonyl (C=O) groups excluding carboxylic acids is 1. The van der Waals surface area contributed by atoms with Crippen molar-refractivity contribution in [2.45, 2.75) is 104 Å². The van der Waals surface area contributed by atoms with Gasteiger partial charge in [0, 0.05) is 6.42 Å². The lowest BCUT2D eigenvalue weighted by Crippen LogP contribution is -2.21. The number of carbonyl (C=O) groups is 1. The van der Waals surface area contributed by atoms with E-state index in [9.17, 15) is 4.79 Å². The molecule has 0 aliphatic carbocycles. The molecule has 3 heteroatoms. The largest absolute Gasteiger partial charge is 0.436 e. The molecule has 0 aliphatic heterocycles. The van der Waals surface area contributed by atoms with E-state index in [4.69, 9.17) is 9.47 Å². The molecule has 0 radical (unpaired) electrons. The molecule has 0 N–H and O–H groups in total. The SMILES string of the molecule is CCCCCCCCCCCC(=O)OC(C)OC(C)C. The van der Waals surface area contributed by atoms with Gasteiger partial charge in [0.05, 0.1) is 6.10 Å². The molecule has 120 valence electrons. The lowest BCUT2D eigenvalue weighted by molar-refractivity contribution is -0.181. The van der Waals surface area contributed by atoms with Gasteiger partial charge in [-0.15, -0.1) is 0 Å². The zero-order valence-corrected chi connectivity index (χ0v) is 14.0. The number of rotatable bonds is 13. The van der Waals surface area contributed by atoms with E-state index in [-0.39, 0.29) is 12.1 Å². The number of ether oxygens (including phenoxy) is 2. The van der Waals surface area contributed by atoms with Crippen molar-refractivity contribution in [3.8, 4) is 0 Å². The number of hydrogen-bond donors (Lipinski definition) is 0. The maximum absolute atomic E-state index is 11.5. The summed E-state index contributed by atoms with van der Waals surface area (Å²) < 4.78 is 10.5. The van der Waals surface area contributed by atoms with Crippen molar-refractivity contribution in [1.82, 2.24) is 0 Å². The minimum absolute atomic E-state index is 0.0884. The van der Waals surface area contributed by atoms with E-state index in [0.717, 1.165) is 12.8 Å². The molecule has 0 spiro atoms. The Morgan fingerprint density at radius 2 is 1.35 bits per heavy atom. The van der Waals surface area contributed by atoms with Crippen molar-refractivity contribution in [3.05, 3.63) is 0 Å². The lowest BCUT2D eigenvalue weighted by Gasteiger charge is -2.16. The van der Waals surface area contributed by atoms with Crippen LogP contribution in [0.25, 0.3) is 0 Å². The van der Waals surface area contributed by atoms with Crippen molar-refractivity contribution in [2.75, 3.05) is 0 Å². The highest BCUT2D eigenvalue weighted by Crippen LogP contribution is 2.11. The van der Waals surface area contributed by atoms with Gasteiger partial charge in [0.25, 0.3) is 0 Å². The van der Waals surface area contributed by atoms with Gasteiger partial charge in [-0.3, -0.25) is 4.79 Å². The maximum atomic E-state index is 11.5. The van der Waals surface area contributed by atoms with Crippen LogP contribution in [-0.4, -0.2) is 18.4 Å². The van der Waals surface area contributed by atoms with Crippen LogP contribution in [0.4, 0.5) is 0 Å². The molecule has 1 unspecified atom stereocenters. The standard InChI is InChI=1S/C17H34O3/c1-5-6-7-8-9-10-11-12-13-14-17(18)20-16(4)19-15(2)3/h15-16H,5-14H2,1-4H3. The fraction of sp³-hybridized carbons (Fsp3) is 0.941. The Morgan fingerprint density at radius 1 is 0.850 bits per heavy atom. The lowest BCUT2D eigenvalue weighted by atomic mass is 10.1. The van der Waals surface area contributed by atoms with Crippen LogP contribution in [0.15, 0.2) is 0 Å². The van der Waals surface area contributed by atoms with Crippen LogP contribution in [0.3, 0.4) is 0 Å². The first-order chi connectivity index (χ1) is 9.56. The molecule has 0 saturated heterocycles. The van der Waals surface area contributed by atoms with Crippen LogP contribution in [0.1, 0.15) is 91.9 Å². The third kappa shape index (κ3) is 13.9. The highest BCUT2D eigenvalue weighted by Gasteiger charge is 2.10. The molecular weight excluding hydrogens is 252 g/mol. The van der Waals surface area contributed by atoms with Gasteiger partial charge in [0.2, 0.25) is 0 Å². The van der Waals surface area contributed by atoms with Gasteiger partial charge in [0.15, 0.2) is 6.29 Å². The second kappa shape index (κ2) is 13.4. The number of unbranched alkanes of at least 4 members (excludes halogenated alkanes) is 8. The third-order valence-corrected chi connectivity index (χ3v) is 3.25. The van der Waals surface area contributed by atoms with Gasteiger partial charge in [-0.2, -0.15) is 0 Å². The average molecular weight is 286 g/mol. The quantitative estimate of drug-likeness (QED) is 0.264. The summed E-state index contributed by atoms with van der Waals surface area (Å²) in [6, 6.07) is 0. The summed E-state index contributed by atoms with van der Waals surface area (Å²) in [5, 5.41) is 0. The number of esters is 1. The molecule has 0 aromatic heterocycles. The van der Waals surface area contributed by atoms with Crippen molar-refractivity contribution in [3.63, 3.8) is 0 Å². The van der Waals surface area contributed by atoms with Crippen LogP contribution in [0.2, 0.25) is 0 Å². The average Bonchev–Trinajstić information content (AvgIpc) is 2.35. The third-order valence-electron chi connectivity index (χ3n) is 3.25. The van der Waals surface area contributed by atoms with Gasteiger partial charge in [0.1, 0.15) is 0 Å². The molecule has 0 heterocycles. The van der Waals surface area contributed by atoms with E-state index in [2.05, 4.69) is 6.92 Å². The van der Waals surface area contributed by atoms with E-state index in [0.29, 0.717) is 6.42 Å². The van der Waals surface area contributed by atoms with Gasteiger partial charge in [-0.25, -0.2) is 0 Å². The van der Waals surface area contributed by atoms with Crippen LogP contribution < -0.4 is 0 Å². The molecule has 0 saturated carbocycles. The van der Waals surface area contributed by atoms with Crippen LogP contribution in [-0.2, 0) is 14.3 Å². The van der Waals surface area contributed by atoms with E-state index in [1.54, 1.807) is 6.92 Å². The van der Waals surface area contributed by atoms with Gasteiger partial charge >= 0.3 is 5.97 Å². The predicted molar refractivity (Wildman–Crippen MR) is 83.6 cm³/mol.